The number of nitrogens with one attached hydrogen (secondary N) is 1. The molecule has 1 aromatic carbocycles. The van der Waals surface area contributed by atoms with Crippen LogP contribution in [0.25, 0.3) is 0 Å². The summed E-state index contributed by atoms with van der Waals surface area (Å²) in [5, 5.41) is 5.51. The van der Waals surface area contributed by atoms with Crippen molar-refractivity contribution in [3.63, 3.8) is 0 Å². The Morgan fingerprint density at radius 1 is 1.15 bits per heavy atom. The number of halogens is 1. The highest BCUT2D eigenvalue weighted by Crippen LogP contribution is 2.36. The van der Waals surface area contributed by atoms with Gasteiger partial charge >= 0.3 is 0 Å². The largest absolute Gasteiger partial charge is 0.300 e. The second-order valence-electron chi connectivity index (χ2n) is 6.00. The number of aromatic nitrogens is 3. The average molecular weight is 405 g/mol. The van der Waals surface area contributed by atoms with Crippen LogP contribution in [0.5, 0.6) is 0 Å². The first-order valence-corrected chi connectivity index (χ1v) is 10.6. The minimum atomic E-state index is -3.74. The number of sulfonamides is 1. The molecular formula is C17H16FN5O2S2. The van der Waals surface area contributed by atoms with Crippen LogP contribution in [0.1, 0.15) is 24.6 Å². The van der Waals surface area contributed by atoms with Gasteiger partial charge in [0.15, 0.2) is 5.13 Å². The molecule has 0 unspecified atom stereocenters. The van der Waals surface area contributed by atoms with Crippen LogP contribution in [0.3, 0.4) is 0 Å². The second kappa shape index (κ2) is 7.29. The molecule has 1 aliphatic rings. The summed E-state index contributed by atoms with van der Waals surface area (Å²) < 4.78 is 40.6. The molecule has 140 valence electrons. The molecule has 1 N–H and O–H groups in total. The highest BCUT2D eigenvalue weighted by molar-refractivity contribution is 7.89. The van der Waals surface area contributed by atoms with Crippen molar-refractivity contribution in [3.8, 4) is 0 Å². The Balaban J connectivity index is 1.62. The van der Waals surface area contributed by atoms with Crippen molar-refractivity contribution in [1.82, 2.24) is 19.3 Å². The summed E-state index contributed by atoms with van der Waals surface area (Å²) in [5.41, 5.74) is 0.618. The number of anilines is 2. The van der Waals surface area contributed by atoms with E-state index in [9.17, 15) is 12.8 Å². The van der Waals surface area contributed by atoms with Crippen molar-refractivity contribution >= 4 is 32.4 Å². The first kappa shape index (κ1) is 18.0. The van der Waals surface area contributed by atoms with Crippen molar-refractivity contribution in [2.75, 3.05) is 11.9 Å². The number of rotatable bonds is 5. The molecule has 1 fully saturated rings. The van der Waals surface area contributed by atoms with Crippen LogP contribution in [-0.2, 0) is 10.0 Å². The summed E-state index contributed by atoms with van der Waals surface area (Å²) >= 11 is 1.42. The Kier molecular flexibility index (Phi) is 4.85. The summed E-state index contributed by atoms with van der Waals surface area (Å²) in [6, 6.07) is 6.21. The molecule has 27 heavy (non-hydrogen) atoms. The molecule has 1 aliphatic heterocycles. The van der Waals surface area contributed by atoms with E-state index in [0.717, 1.165) is 18.6 Å². The number of hydrogen-bond acceptors (Lipinski definition) is 7. The van der Waals surface area contributed by atoms with Crippen LogP contribution in [0.15, 0.2) is 53.0 Å². The van der Waals surface area contributed by atoms with Crippen LogP contribution in [-0.4, -0.2) is 34.2 Å². The minimum Gasteiger partial charge on any atom is -0.300 e. The number of thiazole rings is 1. The molecule has 0 spiro atoms. The van der Waals surface area contributed by atoms with E-state index in [1.54, 1.807) is 18.5 Å². The Labute approximate surface area is 160 Å². The van der Waals surface area contributed by atoms with E-state index in [4.69, 9.17) is 0 Å². The Bertz CT molecular complexity index is 1030. The summed E-state index contributed by atoms with van der Waals surface area (Å²) in [4.78, 5) is 12.9. The highest BCUT2D eigenvalue weighted by Gasteiger charge is 2.37. The molecule has 0 amide bonds. The lowest BCUT2D eigenvalue weighted by molar-refractivity contribution is 0.390. The Morgan fingerprint density at radius 2 is 1.96 bits per heavy atom. The third-order valence-electron chi connectivity index (χ3n) is 4.29. The Hall–Kier alpha value is -2.43. The molecule has 0 aliphatic carbocycles. The molecule has 3 aromatic rings. The molecule has 0 radical (unpaired) electrons. The maximum atomic E-state index is 13.2. The normalized spacial score (nSPS) is 17.9. The fourth-order valence-corrected chi connectivity index (χ4v) is 5.26. The lowest BCUT2D eigenvalue weighted by Gasteiger charge is -2.24. The maximum Gasteiger partial charge on any atom is 0.243 e. The van der Waals surface area contributed by atoms with E-state index in [1.165, 1.54) is 27.8 Å². The van der Waals surface area contributed by atoms with Gasteiger partial charge in [-0.05, 0) is 43.2 Å². The molecule has 1 saturated heterocycles. The zero-order chi connectivity index (χ0) is 18.9. The fourth-order valence-electron chi connectivity index (χ4n) is 3.06. The van der Waals surface area contributed by atoms with Crippen molar-refractivity contribution in [1.29, 1.82) is 0 Å². The SMILES string of the molecule is O=S(=O)(c1ccc(F)cc1)N1CCC[C@H]1c1ccnc(Nc2nccs2)n1. The van der Waals surface area contributed by atoms with Crippen LogP contribution in [0.4, 0.5) is 15.5 Å². The van der Waals surface area contributed by atoms with Gasteiger partial charge in [0, 0.05) is 24.3 Å². The van der Waals surface area contributed by atoms with Crippen molar-refractivity contribution < 1.29 is 12.8 Å². The number of hydrogen-bond donors (Lipinski definition) is 1. The van der Waals surface area contributed by atoms with E-state index in [1.807, 2.05) is 5.38 Å². The standard InChI is InChI=1S/C17H16FN5O2S2/c18-12-3-5-13(6-4-12)27(24,25)23-10-1-2-15(23)14-7-8-19-16(21-14)22-17-20-9-11-26-17/h3-9,11,15H,1-2,10H2,(H,19,20,21,22)/t15-/m0/s1. The van der Waals surface area contributed by atoms with Gasteiger partial charge in [-0.1, -0.05) is 0 Å². The molecule has 3 heterocycles. The summed E-state index contributed by atoms with van der Waals surface area (Å²) in [7, 11) is -3.74. The van der Waals surface area contributed by atoms with Crippen LogP contribution in [0, 0.1) is 5.82 Å². The Morgan fingerprint density at radius 3 is 2.70 bits per heavy atom. The monoisotopic (exact) mass is 405 g/mol. The van der Waals surface area contributed by atoms with Gasteiger partial charge < -0.3 is 5.32 Å². The summed E-state index contributed by atoms with van der Waals surface area (Å²) in [5.74, 6) is -0.103. The lowest BCUT2D eigenvalue weighted by Crippen LogP contribution is -2.31. The van der Waals surface area contributed by atoms with E-state index in [0.29, 0.717) is 29.7 Å². The zero-order valence-electron chi connectivity index (χ0n) is 14.1. The van der Waals surface area contributed by atoms with Gasteiger partial charge in [0.1, 0.15) is 5.82 Å². The lowest BCUT2D eigenvalue weighted by atomic mass is 10.1. The molecule has 2 aromatic heterocycles. The minimum absolute atomic E-state index is 0.0750. The molecule has 0 bridgehead atoms. The van der Waals surface area contributed by atoms with Gasteiger partial charge in [-0.25, -0.2) is 27.8 Å². The first-order valence-electron chi connectivity index (χ1n) is 8.31. The smallest absolute Gasteiger partial charge is 0.243 e. The number of nitrogens with zero attached hydrogens (tertiary/aromatic N) is 4. The molecule has 4 rings (SSSR count). The third-order valence-corrected chi connectivity index (χ3v) is 6.90. The van der Waals surface area contributed by atoms with Crippen molar-refractivity contribution in [3.05, 3.63) is 59.6 Å². The zero-order valence-corrected chi connectivity index (χ0v) is 15.8. The van der Waals surface area contributed by atoms with Crippen molar-refractivity contribution in [2.45, 2.75) is 23.8 Å². The van der Waals surface area contributed by atoms with Crippen LogP contribution < -0.4 is 5.32 Å². The van der Waals surface area contributed by atoms with E-state index in [-0.39, 0.29) is 10.9 Å². The number of benzene rings is 1. The van der Waals surface area contributed by atoms with Gasteiger partial charge in [0.25, 0.3) is 0 Å². The maximum absolute atomic E-state index is 13.2. The third kappa shape index (κ3) is 3.68. The van der Waals surface area contributed by atoms with Crippen LogP contribution in [0.2, 0.25) is 0 Å². The van der Waals surface area contributed by atoms with Gasteiger partial charge in [-0.3, -0.25) is 0 Å². The quantitative estimate of drug-likeness (QED) is 0.700. The summed E-state index contributed by atoms with van der Waals surface area (Å²) in [6.07, 6.45) is 4.66. The molecule has 1 atom stereocenters. The molecular weight excluding hydrogens is 389 g/mol. The fraction of sp³-hybridized carbons (Fsp3) is 0.235. The van der Waals surface area contributed by atoms with E-state index < -0.39 is 15.8 Å². The molecule has 0 saturated carbocycles. The second-order valence-corrected chi connectivity index (χ2v) is 8.78. The van der Waals surface area contributed by atoms with Crippen molar-refractivity contribution in [2.24, 2.45) is 0 Å². The van der Waals surface area contributed by atoms with Gasteiger partial charge in [-0.15, -0.1) is 11.3 Å². The summed E-state index contributed by atoms with van der Waals surface area (Å²) in [6.45, 7) is 0.392. The molecule has 7 nitrogen and oxygen atoms in total. The molecule has 10 heteroatoms. The van der Waals surface area contributed by atoms with E-state index >= 15 is 0 Å². The predicted octanol–water partition coefficient (Wildman–Crippen LogP) is 3.34. The van der Waals surface area contributed by atoms with Gasteiger partial charge in [-0.2, -0.15) is 4.31 Å². The van der Waals surface area contributed by atoms with Crippen LogP contribution >= 0.6 is 11.3 Å². The topological polar surface area (TPSA) is 88.1 Å². The average Bonchev–Trinajstić information content (AvgIpc) is 3.34. The first-order chi connectivity index (χ1) is 13.0. The highest BCUT2D eigenvalue weighted by atomic mass is 32.2. The van der Waals surface area contributed by atoms with Gasteiger partial charge in [0.2, 0.25) is 16.0 Å². The van der Waals surface area contributed by atoms with E-state index in [2.05, 4.69) is 20.3 Å². The van der Waals surface area contributed by atoms with Gasteiger partial charge in [0.05, 0.1) is 16.6 Å². The predicted molar refractivity (Wildman–Crippen MR) is 99.7 cm³/mol.